The lowest BCUT2D eigenvalue weighted by molar-refractivity contribution is 0.0849. The number of carbonyl (C=O) groups is 1. The molecule has 7 nitrogen and oxygen atoms in total. The number of hydrogen-bond acceptors (Lipinski definition) is 5. The third kappa shape index (κ3) is 2.44. The van der Waals surface area contributed by atoms with E-state index in [4.69, 9.17) is 10.5 Å². The molecule has 0 spiro atoms. The molecule has 1 amide bonds. The number of amides is 1. The van der Waals surface area contributed by atoms with E-state index in [0.717, 1.165) is 19.4 Å². The number of hydrogen-bond donors (Lipinski definition) is 3. The van der Waals surface area contributed by atoms with Crippen LogP contribution in [-0.4, -0.2) is 40.3 Å². The Labute approximate surface area is 86.4 Å². The number of aromatic amines is 1. The van der Waals surface area contributed by atoms with Crippen molar-refractivity contribution in [2.45, 2.75) is 18.9 Å². The minimum Gasteiger partial charge on any atom is -0.376 e. The summed E-state index contributed by atoms with van der Waals surface area (Å²) in [6, 6.07) is 0. The molecule has 1 aromatic rings. The van der Waals surface area contributed by atoms with Crippen LogP contribution in [0.25, 0.3) is 0 Å². The van der Waals surface area contributed by atoms with Gasteiger partial charge >= 0.3 is 0 Å². The zero-order chi connectivity index (χ0) is 10.7. The van der Waals surface area contributed by atoms with Crippen molar-refractivity contribution in [3.8, 4) is 0 Å². The van der Waals surface area contributed by atoms with Gasteiger partial charge in [-0.3, -0.25) is 9.89 Å². The van der Waals surface area contributed by atoms with E-state index in [0.29, 0.717) is 6.54 Å². The van der Waals surface area contributed by atoms with Gasteiger partial charge in [0.2, 0.25) is 11.8 Å². The molecular weight excluding hydrogens is 198 g/mol. The molecule has 1 aliphatic heterocycles. The Balaban J connectivity index is 1.81. The summed E-state index contributed by atoms with van der Waals surface area (Å²) >= 11 is 0. The Morgan fingerprint density at radius 2 is 2.60 bits per heavy atom. The lowest BCUT2D eigenvalue weighted by Gasteiger charge is -2.09. The normalized spacial score (nSPS) is 20.4. The number of carbonyl (C=O) groups excluding carboxylic acids is 1. The van der Waals surface area contributed by atoms with E-state index >= 15 is 0 Å². The average molecular weight is 211 g/mol. The van der Waals surface area contributed by atoms with Gasteiger partial charge in [-0.25, -0.2) is 0 Å². The van der Waals surface area contributed by atoms with Gasteiger partial charge in [0.25, 0.3) is 5.91 Å². The fourth-order valence-corrected chi connectivity index (χ4v) is 1.47. The van der Waals surface area contributed by atoms with Gasteiger partial charge in [0, 0.05) is 13.2 Å². The molecule has 0 saturated carbocycles. The maximum atomic E-state index is 11.5. The van der Waals surface area contributed by atoms with Crippen molar-refractivity contribution in [3.05, 3.63) is 5.82 Å². The number of ether oxygens (including phenoxy) is 1. The SMILES string of the molecule is Nc1n[nH]c(C(=O)NCC2CCCO2)n1. The topological polar surface area (TPSA) is 106 Å². The number of rotatable bonds is 3. The third-order valence-electron chi connectivity index (χ3n) is 2.23. The van der Waals surface area contributed by atoms with Crippen LogP contribution in [0.3, 0.4) is 0 Å². The molecule has 1 fully saturated rings. The van der Waals surface area contributed by atoms with Crippen molar-refractivity contribution in [1.29, 1.82) is 0 Å². The first-order valence-corrected chi connectivity index (χ1v) is 4.83. The van der Waals surface area contributed by atoms with E-state index in [2.05, 4.69) is 20.5 Å². The van der Waals surface area contributed by atoms with Crippen LogP contribution in [0.15, 0.2) is 0 Å². The molecule has 1 unspecified atom stereocenters. The second-order valence-electron chi connectivity index (χ2n) is 3.39. The maximum Gasteiger partial charge on any atom is 0.288 e. The number of aromatic nitrogens is 3. The molecule has 0 radical (unpaired) electrons. The number of nitrogens with one attached hydrogen (secondary N) is 2. The Morgan fingerprint density at radius 3 is 3.20 bits per heavy atom. The summed E-state index contributed by atoms with van der Waals surface area (Å²) in [5.41, 5.74) is 5.28. The van der Waals surface area contributed by atoms with Crippen LogP contribution in [0.2, 0.25) is 0 Å². The molecule has 0 aliphatic carbocycles. The monoisotopic (exact) mass is 211 g/mol. The second kappa shape index (κ2) is 4.26. The van der Waals surface area contributed by atoms with Crippen molar-refractivity contribution in [3.63, 3.8) is 0 Å². The molecule has 15 heavy (non-hydrogen) atoms. The third-order valence-corrected chi connectivity index (χ3v) is 2.23. The van der Waals surface area contributed by atoms with Crippen LogP contribution in [0.4, 0.5) is 5.95 Å². The fraction of sp³-hybridized carbons (Fsp3) is 0.625. The van der Waals surface area contributed by atoms with Gasteiger partial charge in [0.05, 0.1) is 6.10 Å². The number of nitrogen functional groups attached to an aromatic ring is 1. The van der Waals surface area contributed by atoms with Gasteiger partial charge in [-0.2, -0.15) is 4.98 Å². The highest BCUT2D eigenvalue weighted by Crippen LogP contribution is 2.10. The molecule has 82 valence electrons. The standard InChI is InChI=1S/C8H13N5O2/c9-8-11-6(12-13-8)7(14)10-4-5-2-1-3-15-5/h5H,1-4H2,(H,10,14)(H3,9,11,12,13). The first-order valence-electron chi connectivity index (χ1n) is 4.83. The van der Waals surface area contributed by atoms with E-state index in [1.807, 2.05) is 0 Å². The van der Waals surface area contributed by atoms with Crippen molar-refractivity contribution in [2.24, 2.45) is 0 Å². The number of anilines is 1. The Kier molecular flexibility index (Phi) is 2.82. The van der Waals surface area contributed by atoms with Crippen molar-refractivity contribution >= 4 is 11.9 Å². The molecule has 7 heteroatoms. The highest BCUT2D eigenvalue weighted by molar-refractivity contribution is 5.90. The summed E-state index contributed by atoms with van der Waals surface area (Å²) < 4.78 is 5.36. The van der Waals surface area contributed by atoms with Crippen LogP contribution >= 0.6 is 0 Å². The van der Waals surface area contributed by atoms with Crippen molar-refractivity contribution < 1.29 is 9.53 Å². The number of nitrogens with two attached hydrogens (primary N) is 1. The van der Waals surface area contributed by atoms with Gasteiger partial charge in [0.1, 0.15) is 0 Å². The molecule has 1 atom stereocenters. The van der Waals surface area contributed by atoms with Crippen LogP contribution in [0.5, 0.6) is 0 Å². The lowest BCUT2D eigenvalue weighted by atomic mass is 10.2. The van der Waals surface area contributed by atoms with Crippen LogP contribution in [-0.2, 0) is 4.74 Å². The molecule has 1 saturated heterocycles. The van der Waals surface area contributed by atoms with E-state index in [9.17, 15) is 4.79 Å². The number of H-pyrrole nitrogens is 1. The minimum atomic E-state index is -0.310. The zero-order valence-corrected chi connectivity index (χ0v) is 8.19. The smallest absolute Gasteiger partial charge is 0.288 e. The largest absolute Gasteiger partial charge is 0.376 e. The molecular formula is C8H13N5O2. The second-order valence-corrected chi connectivity index (χ2v) is 3.39. The van der Waals surface area contributed by atoms with Crippen molar-refractivity contribution in [1.82, 2.24) is 20.5 Å². The summed E-state index contributed by atoms with van der Waals surface area (Å²) in [5.74, 6) is -0.113. The van der Waals surface area contributed by atoms with Crippen molar-refractivity contribution in [2.75, 3.05) is 18.9 Å². The van der Waals surface area contributed by atoms with Gasteiger partial charge in [0.15, 0.2) is 0 Å². The molecule has 2 heterocycles. The Morgan fingerprint density at radius 1 is 1.73 bits per heavy atom. The highest BCUT2D eigenvalue weighted by atomic mass is 16.5. The van der Waals surface area contributed by atoms with Crippen LogP contribution in [0, 0.1) is 0 Å². The van der Waals surface area contributed by atoms with E-state index < -0.39 is 0 Å². The fourth-order valence-electron chi connectivity index (χ4n) is 1.47. The van der Waals surface area contributed by atoms with E-state index in [1.54, 1.807) is 0 Å². The van der Waals surface area contributed by atoms with Crippen LogP contribution < -0.4 is 11.1 Å². The summed E-state index contributed by atoms with van der Waals surface area (Å²) in [6.07, 6.45) is 2.16. The molecule has 0 aromatic carbocycles. The predicted molar refractivity (Wildman–Crippen MR) is 52.1 cm³/mol. The summed E-state index contributed by atoms with van der Waals surface area (Å²) in [7, 11) is 0. The van der Waals surface area contributed by atoms with E-state index in [-0.39, 0.29) is 23.8 Å². The first-order chi connectivity index (χ1) is 7.25. The van der Waals surface area contributed by atoms with Crippen LogP contribution in [0.1, 0.15) is 23.5 Å². The molecule has 4 N–H and O–H groups in total. The zero-order valence-electron chi connectivity index (χ0n) is 8.19. The lowest BCUT2D eigenvalue weighted by Crippen LogP contribution is -2.32. The van der Waals surface area contributed by atoms with Gasteiger partial charge in [-0.1, -0.05) is 0 Å². The summed E-state index contributed by atoms with van der Waals surface area (Å²) in [5, 5.41) is 8.71. The van der Waals surface area contributed by atoms with E-state index in [1.165, 1.54) is 0 Å². The highest BCUT2D eigenvalue weighted by Gasteiger charge is 2.17. The minimum absolute atomic E-state index is 0.0669. The maximum absolute atomic E-state index is 11.5. The molecule has 2 rings (SSSR count). The molecule has 0 bridgehead atoms. The van der Waals surface area contributed by atoms with Gasteiger partial charge < -0.3 is 15.8 Å². The summed E-state index contributed by atoms with van der Waals surface area (Å²) in [4.78, 5) is 15.2. The van der Waals surface area contributed by atoms with Gasteiger partial charge in [-0.15, -0.1) is 5.10 Å². The Hall–Kier alpha value is -1.63. The predicted octanol–water partition coefficient (Wildman–Crippen LogP) is -0.704. The molecule has 1 aliphatic rings. The molecule has 1 aromatic heterocycles. The number of nitrogens with zero attached hydrogens (tertiary/aromatic N) is 2. The average Bonchev–Trinajstić information content (AvgIpc) is 2.84. The van der Waals surface area contributed by atoms with Gasteiger partial charge in [-0.05, 0) is 12.8 Å². The Bertz CT molecular complexity index is 345. The quantitative estimate of drug-likeness (QED) is 0.612. The summed E-state index contributed by atoms with van der Waals surface area (Å²) in [6.45, 7) is 1.27. The first kappa shape index (κ1) is 9.91.